The molecule has 0 saturated heterocycles. The maximum absolute atomic E-state index is 2.48. The van der Waals surface area contributed by atoms with Crippen LogP contribution in [0.3, 0.4) is 0 Å². The lowest BCUT2D eigenvalue weighted by Gasteiger charge is -2.25. The predicted molar refractivity (Wildman–Crippen MR) is 112 cm³/mol. The first-order chi connectivity index (χ1) is 12.3. The van der Waals surface area contributed by atoms with Gasteiger partial charge in [-0.05, 0) is 36.7 Å². The highest BCUT2D eigenvalue weighted by Gasteiger charge is 2.09. The molecule has 1 nitrogen and oxygen atoms in total. The largest absolute Gasteiger partial charge is 0.373 e. The van der Waals surface area contributed by atoms with Crippen molar-refractivity contribution in [3.8, 4) is 0 Å². The van der Waals surface area contributed by atoms with Crippen molar-refractivity contribution < 1.29 is 0 Å². The van der Waals surface area contributed by atoms with Crippen LogP contribution in [0.4, 0.5) is 0 Å². The molecule has 0 radical (unpaired) electrons. The smallest absolute Gasteiger partial charge is 0.0429 e. The highest BCUT2D eigenvalue weighted by Crippen LogP contribution is 2.21. The highest BCUT2D eigenvalue weighted by molar-refractivity contribution is 5.56. The maximum atomic E-state index is 2.48. The van der Waals surface area contributed by atoms with Crippen molar-refractivity contribution in [2.75, 3.05) is 6.54 Å². The normalized spacial score (nSPS) is 13.3. The lowest BCUT2D eigenvalue weighted by Crippen LogP contribution is -2.21. The van der Waals surface area contributed by atoms with Gasteiger partial charge in [0, 0.05) is 13.1 Å². The fraction of sp³-hybridized carbons (Fsp3) is 0.667. The van der Waals surface area contributed by atoms with Crippen LogP contribution < -0.4 is 0 Å². The summed E-state index contributed by atoms with van der Waals surface area (Å²) in [5, 5.41) is 0. The maximum Gasteiger partial charge on any atom is 0.0429 e. The Morgan fingerprint density at radius 2 is 1.40 bits per heavy atom. The van der Waals surface area contributed by atoms with Crippen molar-refractivity contribution in [3.05, 3.63) is 41.1 Å². The molecule has 1 aromatic rings. The van der Waals surface area contributed by atoms with Gasteiger partial charge in [-0.2, -0.15) is 0 Å². The van der Waals surface area contributed by atoms with E-state index >= 15 is 0 Å². The molecule has 0 aliphatic carbocycles. The predicted octanol–water partition coefficient (Wildman–Crippen LogP) is 7.48. The van der Waals surface area contributed by atoms with E-state index in [4.69, 9.17) is 0 Å². The average molecular weight is 342 g/mol. The molecule has 0 fully saturated rings. The molecule has 0 atom stereocenters. The van der Waals surface area contributed by atoms with Crippen LogP contribution >= 0.6 is 0 Å². The van der Waals surface area contributed by atoms with E-state index in [-0.39, 0.29) is 0 Å². The zero-order valence-electron chi connectivity index (χ0n) is 16.7. The first kappa shape index (κ1) is 20.1. The molecule has 1 aliphatic heterocycles. The minimum Gasteiger partial charge on any atom is -0.373 e. The van der Waals surface area contributed by atoms with Gasteiger partial charge in [-0.15, -0.1) is 0 Å². The van der Waals surface area contributed by atoms with Crippen LogP contribution in [0.5, 0.6) is 0 Å². The standard InChI is InChI=1S/C24H39N/c1-3-4-5-6-7-8-9-10-11-12-13-14-18-25-19-17-23-20-22(2)15-16-24(23)21-25/h15-17,19-20H,3-14,18,21H2,1-2H3. The molecule has 1 aromatic carbocycles. The third-order valence-corrected chi connectivity index (χ3v) is 5.44. The van der Waals surface area contributed by atoms with Crippen LogP contribution in [0.15, 0.2) is 24.4 Å². The van der Waals surface area contributed by atoms with Gasteiger partial charge in [-0.25, -0.2) is 0 Å². The van der Waals surface area contributed by atoms with Crippen molar-refractivity contribution in [2.45, 2.75) is 97.4 Å². The summed E-state index contributed by atoms with van der Waals surface area (Å²) in [5.74, 6) is 0. The van der Waals surface area contributed by atoms with Crippen LogP contribution in [0.1, 0.15) is 101 Å². The Kier molecular flexibility index (Phi) is 9.77. The number of hydrogen-bond donors (Lipinski definition) is 0. The van der Waals surface area contributed by atoms with E-state index in [1.165, 1.54) is 100 Å². The van der Waals surface area contributed by atoms with Crippen LogP contribution in [0.25, 0.3) is 6.08 Å². The molecule has 0 bridgehead atoms. The van der Waals surface area contributed by atoms with E-state index < -0.39 is 0 Å². The fourth-order valence-electron chi connectivity index (χ4n) is 3.78. The highest BCUT2D eigenvalue weighted by atomic mass is 15.1. The van der Waals surface area contributed by atoms with Crippen molar-refractivity contribution in [1.29, 1.82) is 0 Å². The summed E-state index contributed by atoms with van der Waals surface area (Å²) < 4.78 is 0. The first-order valence-corrected chi connectivity index (χ1v) is 10.8. The minimum absolute atomic E-state index is 1.09. The molecule has 1 aliphatic rings. The molecule has 0 aromatic heterocycles. The Bertz CT molecular complexity index is 503. The lowest BCUT2D eigenvalue weighted by atomic mass is 10.0. The minimum atomic E-state index is 1.09. The van der Waals surface area contributed by atoms with E-state index in [0.717, 1.165) is 6.54 Å². The molecular weight excluding hydrogens is 302 g/mol. The Hall–Kier alpha value is -1.24. The van der Waals surface area contributed by atoms with Gasteiger partial charge in [0.05, 0.1) is 0 Å². The third kappa shape index (κ3) is 8.12. The zero-order valence-corrected chi connectivity index (χ0v) is 16.7. The molecule has 1 heterocycles. The molecule has 1 heteroatoms. The average Bonchev–Trinajstić information content (AvgIpc) is 2.62. The quantitative estimate of drug-likeness (QED) is 0.336. The van der Waals surface area contributed by atoms with Gasteiger partial charge in [0.15, 0.2) is 0 Å². The van der Waals surface area contributed by atoms with Gasteiger partial charge in [0.25, 0.3) is 0 Å². The molecule has 0 spiro atoms. The number of rotatable bonds is 13. The van der Waals surface area contributed by atoms with E-state index in [2.05, 4.69) is 49.2 Å². The van der Waals surface area contributed by atoms with E-state index in [0.29, 0.717) is 0 Å². The summed E-state index contributed by atoms with van der Waals surface area (Å²) >= 11 is 0. The van der Waals surface area contributed by atoms with Crippen molar-refractivity contribution >= 4 is 6.08 Å². The number of hydrogen-bond acceptors (Lipinski definition) is 1. The van der Waals surface area contributed by atoms with E-state index in [1.54, 1.807) is 0 Å². The van der Waals surface area contributed by atoms with Crippen molar-refractivity contribution in [2.24, 2.45) is 0 Å². The molecule has 25 heavy (non-hydrogen) atoms. The van der Waals surface area contributed by atoms with E-state index in [9.17, 15) is 0 Å². The second-order valence-corrected chi connectivity index (χ2v) is 7.88. The second kappa shape index (κ2) is 12.2. The van der Waals surface area contributed by atoms with Crippen LogP contribution in [0.2, 0.25) is 0 Å². The summed E-state index contributed by atoms with van der Waals surface area (Å²) in [4.78, 5) is 2.48. The monoisotopic (exact) mass is 341 g/mol. The first-order valence-electron chi connectivity index (χ1n) is 10.8. The molecule has 140 valence electrons. The SMILES string of the molecule is CCCCCCCCCCCCCCN1C=Cc2cc(C)ccc2C1. The van der Waals surface area contributed by atoms with Gasteiger partial charge in [-0.3, -0.25) is 0 Å². The topological polar surface area (TPSA) is 3.24 Å². The van der Waals surface area contributed by atoms with Crippen LogP contribution in [0, 0.1) is 6.92 Å². The summed E-state index contributed by atoms with van der Waals surface area (Å²) in [6.45, 7) is 6.76. The number of unbranched alkanes of at least 4 members (excludes halogenated alkanes) is 11. The third-order valence-electron chi connectivity index (χ3n) is 5.44. The van der Waals surface area contributed by atoms with Gasteiger partial charge >= 0.3 is 0 Å². The summed E-state index contributed by atoms with van der Waals surface area (Å²) in [6.07, 6.45) is 21.7. The molecule has 2 rings (SSSR count). The van der Waals surface area contributed by atoms with E-state index in [1.807, 2.05) is 0 Å². The van der Waals surface area contributed by atoms with Gasteiger partial charge < -0.3 is 4.90 Å². The lowest BCUT2D eigenvalue weighted by molar-refractivity contribution is 0.353. The summed E-state index contributed by atoms with van der Waals surface area (Å²) in [6, 6.07) is 6.83. The second-order valence-electron chi connectivity index (χ2n) is 7.88. The number of aryl methyl sites for hydroxylation is 1. The number of fused-ring (bicyclic) bond motifs is 1. The molecule has 0 amide bonds. The van der Waals surface area contributed by atoms with Gasteiger partial charge in [0.1, 0.15) is 0 Å². The Balaban J connectivity index is 1.43. The van der Waals surface area contributed by atoms with Crippen molar-refractivity contribution in [1.82, 2.24) is 4.90 Å². The molecular formula is C24H39N. The molecule has 0 unspecified atom stereocenters. The van der Waals surface area contributed by atoms with Gasteiger partial charge in [0.2, 0.25) is 0 Å². The number of nitrogens with zero attached hydrogens (tertiary/aromatic N) is 1. The summed E-state index contributed by atoms with van der Waals surface area (Å²) in [5.41, 5.74) is 4.25. The Morgan fingerprint density at radius 1 is 0.800 bits per heavy atom. The molecule has 0 N–H and O–H groups in total. The number of benzene rings is 1. The molecule has 0 saturated carbocycles. The van der Waals surface area contributed by atoms with Crippen LogP contribution in [-0.4, -0.2) is 11.4 Å². The zero-order chi connectivity index (χ0) is 17.7. The van der Waals surface area contributed by atoms with Gasteiger partial charge in [-0.1, -0.05) is 101 Å². The summed E-state index contributed by atoms with van der Waals surface area (Å²) in [7, 11) is 0. The Labute approximate surface area is 156 Å². The Morgan fingerprint density at radius 3 is 2.04 bits per heavy atom. The fourth-order valence-corrected chi connectivity index (χ4v) is 3.78. The van der Waals surface area contributed by atoms with Crippen molar-refractivity contribution in [3.63, 3.8) is 0 Å². The van der Waals surface area contributed by atoms with Crippen LogP contribution in [-0.2, 0) is 6.54 Å².